The number of rotatable bonds is 8. The number of benzene rings is 3. The third kappa shape index (κ3) is 4.44. The van der Waals surface area contributed by atoms with Gasteiger partial charge in [-0.15, -0.1) is 0 Å². The molecule has 1 fully saturated rings. The predicted octanol–water partition coefficient (Wildman–Crippen LogP) is 5.01. The highest BCUT2D eigenvalue weighted by Gasteiger charge is 2.36. The van der Waals surface area contributed by atoms with E-state index in [1.807, 2.05) is 97.3 Å². The summed E-state index contributed by atoms with van der Waals surface area (Å²) in [6.45, 7) is 5.63. The summed E-state index contributed by atoms with van der Waals surface area (Å²) in [5.41, 5.74) is 3.35. The van der Waals surface area contributed by atoms with Crippen molar-refractivity contribution < 1.29 is 14.3 Å². The number of amides is 2. The second kappa shape index (κ2) is 10.2. The Morgan fingerprint density at radius 2 is 1.72 bits per heavy atom. The Morgan fingerprint density at radius 1 is 1.00 bits per heavy atom. The van der Waals surface area contributed by atoms with E-state index in [4.69, 9.17) is 9.72 Å². The highest BCUT2D eigenvalue weighted by atomic mass is 16.5. The lowest BCUT2D eigenvalue weighted by Crippen LogP contribution is -2.34. The Hall–Kier alpha value is -4.13. The van der Waals surface area contributed by atoms with Crippen molar-refractivity contribution >= 4 is 34.2 Å². The summed E-state index contributed by atoms with van der Waals surface area (Å²) in [7, 11) is 0. The molecule has 184 valence electrons. The minimum Gasteiger partial charge on any atom is -0.492 e. The molecular formula is C29H30N4O3. The lowest BCUT2D eigenvalue weighted by Gasteiger charge is -2.23. The fourth-order valence-corrected chi connectivity index (χ4v) is 4.97. The zero-order chi connectivity index (χ0) is 25.1. The van der Waals surface area contributed by atoms with Crippen LogP contribution in [0.25, 0.3) is 11.0 Å². The van der Waals surface area contributed by atoms with Crippen LogP contribution in [-0.2, 0) is 16.1 Å². The summed E-state index contributed by atoms with van der Waals surface area (Å²) in [4.78, 5) is 35.1. The average Bonchev–Trinajstić information content (AvgIpc) is 3.46. The van der Waals surface area contributed by atoms with Crippen LogP contribution in [0, 0.1) is 0 Å². The van der Waals surface area contributed by atoms with Gasteiger partial charge in [0.1, 0.15) is 18.1 Å². The minimum atomic E-state index is -0.140. The summed E-state index contributed by atoms with van der Waals surface area (Å²) in [6.07, 6.45) is 0.328. The number of para-hydroxylation sites is 5. The first-order chi connectivity index (χ1) is 17.6. The molecule has 36 heavy (non-hydrogen) atoms. The number of aromatic nitrogens is 2. The first kappa shape index (κ1) is 23.6. The van der Waals surface area contributed by atoms with Crippen LogP contribution < -0.4 is 14.5 Å². The third-order valence-electron chi connectivity index (χ3n) is 6.61. The van der Waals surface area contributed by atoms with Crippen LogP contribution in [0.15, 0.2) is 78.9 Å². The molecular weight excluding hydrogens is 452 g/mol. The number of ether oxygens (including phenoxy) is 1. The second-order valence-electron chi connectivity index (χ2n) is 8.82. The molecule has 1 unspecified atom stereocenters. The number of nitrogens with zero attached hydrogens (tertiary/aromatic N) is 4. The van der Waals surface area contributed by atoms with Crippen LogP contribution in [0.4, 0.5) is 11.4 Å². The summed E-state index contributed by atoms with van der Waals surface area (Å²) in [5, 5.41) is 0. The molecule has 2 heterocycles. The van der Waals surface area contributed by atoms with Gasteiger partial charge in [0.25, 0.3) is 0 Å². The zero-order valence-corrected chi connectivity index (χ0v) is 20.6. The van der Waals surface area contributed by atoms with Crippen molar-refractivity contribution in [3.63, 3.8) is 0 Å². The lowest BCUT2D eigenvalue weighted by atomic mass is 10.1. The van der Waals surface area contributed by atoms with Gasteiger partial charge in [0.2, 0.25) is 11.8 Å². The molecule has 1 saturated heterocycles. The minimum absolute atomic E-state index is 0.0176. The first-order valence-electron chi connectivity index (χ1n) is 12.4. The van der Waals surface area contributed by atoms with Gasteiger partial charge in [-0.1, -0.05) is 42.5 Å². The maximum absolute atomic E-state index is 13.5. The van der Waals surface area contributed by atoms with Gasteiger partial charge in [-0.05, 0) is 50.2 Å². The maximum Gasteiger partial charge on any atom is 0.246 e. The van der Waals surface area contributed by atoms with E-state index in [1.165, 1.54) is 0 Å². The number of fused-ring (bicyclic) bond motifs is 1. The number of carbonyl (C=O) groups is 2. The monoisotopic (exact) mass is 482 g/mol. The molecule has 1 aliphatic rings. The number of hydrogen-bond donors (Lipinski definition) is 0. The molecule has 5 rings (SSSR count). The van der Waals surface area contributed by atoms with Gasteiger partial charge in [0.15, 0.2) is 0 Å². The van der Waals surface area contributed by atoms with Crippen molar-refractivity contribution in [2.24, 2.45) is 0 Å². The van der Waals surface area contributed by atoms with E-state index in [9.17, 15) is 9.59 Å². The normalized spacial score (nSPS) is 15.4. The second-order valence-corrected chi connectivity index (χ2v) is 8.82. The molecule has 7 heteroatoms. The van der Waals surface area contributed by atoms with Crippen molar-refractivity contribution in [2.75, 3.05) is 29.5 Å². The van der Waals surface area contributed by atoms with Gasteiger partial charge in [-0.2, -0.15) is 0 Å². The third-order valence-corrected chi connectivity index (χ3v) is 6.61. The van der Waals surface area contributed by atoms with Crippen molar-refractivity contribution in [3.05, 3.63) is 84.7 Å². The molecule has 2 amide bonds. The Bertz CT molecular complexity index is 1380. The molecule has 0 radical (unpaired) electrons. The molecule has 1 atom stereocenters. The highest BCUT2D eigenvalue weighted by Crippen LogP contribution is 2.37. The fourth-order valence-electron chi connectivity index (χ4n) is 4.97. The van der Waals surface area contributed by atoms with Crippen LogP contribution in [0.3, 0.4) is 0 Å². The fraction of sp³-hybridized carbons (Fsp3) is 0.276. The van der Waals surface area contributed by atoms with Gasteiger partial charge in [0, 0.05) is 31.1 Å². The smallest absolute Gasteiger partial charge is 0.246 e. The average molecular weight is 483 g/mol. The molecule has 0 N–H and O–H groups in total. The van der Waals surface area contributed by atoms with Gasteiger partial charge in [-0.25, -0.2) is 4.98 Å². The maximum atomic E-state index is 13.5. The topological polar surface area (TPSA) is 67.7 Å². The number of hydrogen-bond acceptors (Lipinski definition) is 4. The summed E-state index contributed by atoms with van der Waals surface area (Å²) in [6, 6.07) is 25.1. The molecule has 1 aromatic heterocycles. The molecule has 0 spiro atoms. The molecule has 4 aromatic rings. The Morgan fingerprint density at radius 3 is 2.50 bits per heavy atom. The molecule has 0 aliphatic carbocycles. The molecule has 0 saturated carbocycles. The summed E-state index contributed by atoms with van der Waals surface area (Å²) >= 11 is 0. The van der Waals surface area contributed by atoms with Gasteiger partial charge in [-0.3, -0.25) is 9.59 Å². The van der Waals surface area contributed by atoms with Crippen LogP contribution in [0.1, 0.15) is 32.0 Å². The quantitative estimate of drug-likeness (QED) is 0.354. The van der Waals surface area contributed by atoms with Crippen LogP contribution in [0.2, 0.25) is 0 Å². The number of imidazole rings is 1. The van der Waals surface area contributed by atoms with E-state index >= 15 is 0 Å². The number of likely N-dealkylation sites (N-methyl/N-ethyl adjacent to an activating group) is 1. The van der Waals surface area contributed by atoms with Gasteiger partial charge in [0.05, 0.1) is 23.3 Å². The number of anilines is 2. The van der Waals surface area contributed by atoms with Crippen molar-refractivity contribution in [2.45, 2.75) is 32.7 Å². The van der Waals surface area contributed by atoms with Crippen LogP contribution in [-0.4, -0.2) is 41.1 Å². The Labute approximate surface area is 210 Å². The Kier molecular flexibility index (Phi) is 6.71. The molecule has 7 nitrogen and oxygen atoms in total. The van der Waals surface area contributed by atoms with Gasteiger partial charge < -0.3 is 19.1 Å². The van der Waals surface area contributed by atoms with Crippen LogP contribution >= 0.6 is 0 Å². The van der Waals surface area contributed by atoms with Crippen molar-refractivity contribution in [3.8, 4) is 5.75 Å². The van der Waals surface area contributed by atoms with Crippen LogP contribution in [0.5, 0.6) is 5.75 Å². The first-order valence-corrected chi connectivity index (χ1v) is 12.4. The Balaban J connectivity index is 1.48. The van der Waals surface area contributed by atoms with Crippen molar-refractivity contribution in [1.29, 1.82) is 0 Å². The van der Waals surface area contributed by atoms with E-state index in [2.05, 4.69) is 0 Å². The predicted molar refractivity (Wildman–Crippen MR) is 142 cm³/mol. The van der Waals surface area contributed by atoms with E-state index < -0.39 is 0 Å². The molecule has 0 bridgehead atoms. The highest BCUT2D eigenvalue weighted by molar-refractivity contribution is 5.98. The standard InChI is InChI=1S/C29H30N4O3/c1-3-31(22-12-6-5-7-13-22)28(35)20-33-24-15-9-8-14-23(24)30-29(33)21-18-27(34)32(19-21)25-16-10-11-17-26(25)36-4-2/h5-17,21H,3-4,18-20H2,1-2H3. The largest absolute Gasteiger partial charge is 0.492 e. The van der Waals surface area contributed by atoms with Crippen molar-refractivity contribution in [1.82, 2.24) is 9.55 Å². The lowest BCUT2D eigenvalue weighted by molar-refractivity contribution is -0.119. The summed E-state index contributed by atoms with van der Waals surface area (Å²) < 4.78 is 7.76. The molecule has 1 aliphatic heterocycles. The van der Waals surface area contributed by atoms with E-state index in [0.717, 1.165) is 28.2 Å². The summed E-state index contributed by atoms with van der Waals surface area (Å²) in [5.74, 6) is 1.32. The molecule has 3 aromatic carbocycles. The number of carbonyl (C=O) groups excluding carboxylic acids is 2. The SMILES string of the molecule is CCOc1ccccc1N1CC(c2nc3ccccc3n2CC(=O)N(CC)c2ccccc2)CC1=O. The van der Waals surface area contributed by atoms with Gasteiger partial charge >= 0.3 is 0 Å². The van der Waals surface area contributed by atoms with E-state index in [1.54, 1.807) is 9.80 Å². The van der Waals surface area contributed by atoms with E-state index in [0.29, 0.717) is 31.9 Å². The zero-order valence-electron chi connectivity index (χ0n) is 20.6. The van der Waals surface area contributed by atoms with E-state index in [-0.39, 0.29) is 24.3 Å².